The van der Waals surface area contributed by atoms with Gasteiger partial charge in [-0.05, 0) is 39.0 Å². The zero-order valence-corrected chi connectivity index (χ0v) is 14.4. The van der Waals surface area contributed by atoms with E-state index in [1.807, 2.05) is 29.9 Å². The first kappa shape index (κ1) is 15.4. The highest BCUT2D eigenvalue weighted by atomic mass is 16.5. The van der Waals surface area contributed by atoms with E-state index in [0.29, 0.717) is 18.7 Å². The standard InChI is InChI=1S/C18H18N6O/c1-11(2)24-18(20-12(3)22-24)15-10-23-6-7-25-16-5-4-13(9-19)8-14(16)17(23)21-15/h4-5,8,10-11H,6-7H2,1-3H3. The lowest BCUT2D eigenvalue weighted by Gasteiger charge is -2.07. The number of aromatic nitrogens is 5. The molecule has 0 saturated heterocycles. The molecule has 7 nitrogen and oxygen atoms in total. The fourth-order valence-electron chi connectivity index (χ4n) is 3.03. The molecule has 3 aromatic rings. The summed E-state index contributed by atoms with van der Waals surface area (Å²) >= 11 is 0. The van der Waals surface area contributed by atoms with E-state index in [0.717, 1.165) is 34.5 Å². The summed E-state index contributed by atoms with van der Waals surface area (Å²) in [6.07, 6.45) is 1.98. The smallest absolute Gasteiger partial charge is 0.178 e. The molecule has 0 fully saturated rings. The van der Waals surface area contributed by atoms with E-state index in [4.69, 9.17) is 9.72 Å². The van der Waals surface area contributed by atoms with Crippen LogP contribution in [0, 0.1) is 18.3 Å². The average Bonchev–Trinajstić information content (AvgIpc) is 3.15. The van der Waals surface area contributed by atoms with Crippen LogP contribution < -0.4 is 4.74 Å². The van der Waals surface area contributed by atoms with Crippen molar-refractivity contribution in [1.82, 2.24) is 24.3 Å². The summed E-state index contributed by atoms with van der Waals surface area (Å²) in [5.74, 6) is 3.02. The molecule has 0 spiro atoms. The van der Waals surface area contributed by atoms with Crippen molar-refractivity contribution in [1.29, 1.82) is 5.26 Å². The number of benzene rings is 1. The van der Waals surface area contributed by atoms with E-state index in [1.54, 1.807) is 6.07 Å². The summed E-state index contributed by atoms with van der Waals surface area (Å²) in [6, 6.07) is 7.78. The van der Waals surface area contributed by atoms with E-state index >= 15 is 0 Å². The van der Waals surface area contributed by atoms with Gasteiger partial charge in [0.15, 0.2) is 5.82 Å². The van der Waals surface area contributed by atoms with Gasteiger partial charge < -0.3 is 9.30 Å². The molecule has 0 unspecified atom stereocenters. The maximum absolute atomic E-state index is 9.20. The Balaban J connectivity index is 1.89. The zero-order chi connectivity index (χ0) is 17.6. The molecule has 126 valence electrons. The van der Waals surface area contributed by atoms with Crippen molar-refractivity contribution in [2.75, 3.05) is 6.61 Å². The molecular weight excluding hydrogens is 316 g/mol. The van der Waals surface area contributed by atoms with Crippen molar-refractivity contribution < 1.29 is 4.74 Å². The molecule has 1 aliphatic heterocycles. The second-order valence-corrected chi connectivity index (χ2v) is 6.34. The van der Waals surface area contributed by atoms with E-state index < -0.39 is 0 Å². The van der Waals surface area contributed by atoms with Gasteiger partial charge in [0, 0.05) is 12.2 Å². The van der Waals surface area contributed by atoms with Crippen LogP contribution in [0.3, 0.4) is 0 Å². The van der Waals surface area contributed by atoms with Crippen LogP contribution in [0.2, 0.25) is 0 Å². The molecule has 0 aliphatic carbocycles. The molecule has 0 N–H and O–H groups in total. The van der Waals surface area contributed by atoms with Crippen molar-refractivity contribution in [3.8, 4) is 34.7 Å². The van der Waals surface area contributed by atoms with Crippen molar-refractivity contribution in [2.24, 2.45) is 0 Å². The Bertz CT molecular complexity index is 992. The van der Waals surface area contributed by atoms with E-state index in [-0.39, 0.29) is 6.04 Å². The Morgan fingerprint density at radius 2 is 2.08 bits per heavy atom. The van der Waals surface area contributed by atoms with Crippen molar-refractivity contribution >= 4 is 0 Å². The molecule has 3 heterocycles. The Morgan fingerprint density at radius 3 is 2.84 bits per heavy atom. The number of hydrogen-bond acceptors (Lipinski definition) is 5. The molecule has 2 aromatic heterocycles. The van der Waals surface area contributed by atoms with Gasteiger partial charge in [0.2, 0.25) is 0 Å². The van der Waals surface area contributed by atoms with Gasteiger partial charge in [0.05, 0.1) is 23.7 Å². The van der Waals surface area contributed by atoms with Crippen LogP contribution in [0.15, 0.2) is 24.4 Å². The van der Waals surface area contributed by atoms with Crippen LogP contribution in [0.4, 0.5) is 0 Å². The van der Waals surface area contributed by atoms with Crippen LogP contribution in [-0.4, -0.2) is 30.9 Å². The molecule has 1 aliphatic rings. The number of ether oxygens (including phenoxy) is 1. The Kier molecular flexibility index (Phi) is 3.53. The minimum Gasteiger partial charge on any atom is -0.491 e. The molecule has 25 heavy (non-hydrogen) atoms. The molecule has 0 radical (unpaired) electrons. The molecule has 0 saturated carbocycles. The van der Waals surface area contributed by atoms with Gasteiger partial charge in [-0.2, -0.15) is 10.4 Å². The monoisotopic (exact) mass is 334 g/mol. The van der Waals surface area contributed by atoms with Gasteiger partial charge in [-0.1, -0.05) is 0 Å². The maximum atomic E-state index is 9.20. The predicted molar refractivity (Wildman–Crippen MR) is 92.0 cm³/mol. The van der Waals surface area contributed by atoms with Crippen molar-refractivity contribution in [3.63, 3.8) is 0 Å². The first-order valence-electron chi connectivity index (χ1n) is 8.25. The van der Waals surface area contributed by atoms with Crippen LogP contribution in [-0.2, 0) is 6.54 Å². The molecular formula is C18H18N6O. The third-order valence-electron chi connectivity index (χ3n) is 4.17. The Morgan fingerprint density at radius 1 is 1.24 bits per heavy atom. The summed E-state index contributed by atoms with van der Waals surface area (Å²) in [4.78, 5) is 9.36. The van der Waals surface area contributed by atoms with Crippen molar-refractivity contribution in [3.05, 3.63) is 35.8 Å². The van der Waals surface area contributed by atoms with E-state index in [9.17, 15) is 5.26 Å². The number of nitriles is 1. The van der Waals surface area contributed by atoms with Gasteiger partial charge >= 0.3 is 0 Å². The first-order valence-corrected chi connectivity index (χ1v) is 8.25. The van der Waals surface area contributed by atoms with Gasteiger partial charge in [0.1, 0.15) is 29.7 Å². The highest BCUT2D eigenvalue weighted by Crippen LogP contribution is 2.34. The largest absolute Gasteiger partial charge is 0.491 e. The lowest BCUT2D eigenvalue weighted by atomic mass is 10.1. The summed E-state index contributed by atoms with van der Waals surface area (Å²) in [5.41, 5.74) is 2.19. The summed E-state index contributed by atoms with van der Waals surface area (Å²) in [5, 5.41) is 13.7. The van der Waals surface area contributed by atoms with Gasteiger partial charge in [-0.15, -0.1) is 0 Å². The van der Waals surface area contributed by atoms with Gasteiger partial charge in [-0.25, -0.2) is 14.6 Å². The lowest BCUT2D eigenvalue weighted by Crippen LogP contribution is -2.06. The van der Waals surface area contributed by atoms with Crippen LogP contribution in [0.1, 0.15) is 31.3 Å². The summed E-state index contributed by atoms with van der Waals surface area (Å²) in [7, 11) is 0. The number of aryl methyl sites for hydroxylation is 1. The van der Waals surface area contributed by atoms with Gasteiger partial charge in [0.25, 0.3) is 0 Å². The number of fused-ring (bicyclic) bond motifs is 3. The minimum atomic E-state index is 0.193. The molecule has 4 rings (SSSR count). The fourth-order valence-corrected chi connectivity index (χ4v) is 3.03. The maximum Gasteiger partial charge on any atom is 0.178 e. The molecule has 0 bridgehead atoms. The second kappa shape index (κ2) is 5.74. The normalized spacial score (nSPS) is 12.9. The third-order valence-corrected chi connectivity index (χ3v) is 4.17. The number of imidazole rings is 1. The lowest BCUT2D eigenvalue weighted by molar-refractivity contribution is 0.306. The van der Waals surface area contributed by atoms with Crippen LogP contribution >= 0.6 is 0 Å². The molecule has 0 amide bonds. The highest BCUT2D eigenvalue weighted by Gasteiger charge is 2.22. The van der Waals surface area contributed by atoms with Crippen LogP contribution in [0.25, 0.3) is 22.9 Å². The highest BCUT2D eigenvalue weighted by molar-refractivity contribution is 5.70. The van der Waals surface area contributed by atoms with E-state index in [1.165, 1.54) is 0 Å². The van der Waals surface area contributed by atoms with Gasteiger partial charge in [-0.3, -0.25) is 0 Å². The number of hydrogen-bond donors (Lipinski definition) is 0. The molecule has 7 heteroatoms. The third kappa shape index (κ3) is 2.56. The fraction of sp³-hybridized carbons (Fsp3) is 0.333. The topological polar surface area (TPSA) is 81.5 Å². The van der Waals surface area contributed by atoms with Crippen LogP contribution in [0.5, 0.6) is 5.75 Å². The second-order valence-electron chi connectivity index (χ2n) is 6.34. The average molecular weight is 334 g/mol. The minimum absolute atomic E-state index is 0.193. The summed E-state index contributed by atoms with van der Waals surface area (Å²) < 4.78 is 9.74. The van der Waals surface area contributed by atoms with E-state index in [2.05, 4.69) is 34.6 Å². The Hall–Kier alpha value is -3.14. The van der Waals surface area contributed by atoms with Crippen molar-refractivity contribution in [2.45, 2.75) is 33.4 Å². The quantitative estimate of drug-likeness (QED) is 0.719. The Labute approximate surface area is 145 Å². The first-order chi connectivity index (χ1) is 12.1. The molecule has 0 atom stereocenters. The zero-order valence-electron chi connectivity index (χ0n) is 14.4. The number of nitrogens with zero attached hydrogens (tertiary/aromatic N) is 6. The molecule has 1 aromatic carbocycles. The summed E-state index contributed by atoms with van der Waals surface area (Å²) in [6.45, 7) is 7.26. The SMILES string of the molecule is Cc1nc(-c2cn3c(n2)-c2cc(C#N)ccc2OCC3)n(C(C)C)n1. The number of rotatable bonds is 2. The predicted octanol–water partition coefficient (Wildman–Crippen LogP) is 2.96.